The van der Waals surface area contributed by atoms with Crippen molar-refractivity contribution in [1.29, 1.82) is 0 Å². The summed E-state index contributed by atoms with van der Waals surface area (Å²) in [5.41, 5.74) is 2.30. The highest BCUT2D eigenvalue weighted by molar-refractivity contribution is 9.10. The van der Waals surface area contributed by atoms with Crippen LogP contribution in [0.25, 0.3) is 0 Å². The molecule has 1 atom stereocenters. The van der Waals surface area contributed by atoms with E-state index >= 15 is 0 Å². The molecule has 0 aliphatic carbocycles. The normalized spacial score (nSPS) is 12.9. The van der Waals surface area contributed by atoms with E-state index < -0.39 is 0 Å². The highest BCUT2D eigenvalue weighted by Gasteiger charge is 2.14. The molecule has 1 aromatic rings. The summed E-state index contributed by atoms with van der Waals surface area (Å²) in [6.07, 6.45) is 1.09. The minimum absolute atomic E-state index is 0.470. The molecule has 0 N–H and O–H groups in total. The van der Waals surface area contributed by atoms with Crippen molar-refractivity contribution in [3.05, 3.63) is 32.8 Å². The molecule has 1 unspecified atom stereocenters. The zero-order chi connectivity index (χ0) is 10.7. The fourth-order valence-corrected chi connectivity index (χ4v) is 2.83. The Balaban J connectivity index is 3.29. The quantitative estimate of drug-likeness (QED) is 0.659. The van der Waals surface area contributed by atoms with Gasteiger partial charge in [-0.15, -0.1) is 11.6 Å². The van der Waals surface area contributed by atoms with Gasteiger partial charge < -0.3 is 0 Å². The first kappa shape index (κ1) is 12.4. The van der Waals surface area contributed by atoms with Crippen molar-refractivity contribution in [3.8, 4) is 0 Å². The Morgan fingerprint density at radius 3 is 2.57 bits per heavy atom. The number of rotatable bonds is 3. The van der Waals surface area contributed by atoms with E-state index in [1.165, 1.54) is 5.56 Å². The molecular formula is C11H13BrCl2. The summed E-state index contributed by atoms with van der Waals surface area (Å²) >= 11 is 15.5. The van der Waals surface area contributed by atoms with E-state index in [-0.39, 0.29) is 0 Å². The van der Waals surface area contributed by atoms with Crippen LogP contribution in [0.4, 0.5) is 0 Å². The highest BCUT2D eigenvalue weighted by Crippen LogP contribution is 2.35. The largest absolute Gasteiger partial charge is 0.121 e. The van der Waals surface area contributed by atoms with E-state index in [2.05, 4.69) is 29.8 Å². The van der Waals surface area contributed by atoms with Gasteiger partial charge in [0.05, 0.1) is 0 Å². The third-order valence-electron chi connectivity index (χ3n) is 2.49. The van der Waals surface area contributed by atoms with Crippen LogP contribution in [-0.2, 0) is 5.88 Å². The van der Waals surface area contributed by atoms with Gasteiger partial charge in [-0.25, -0.2) is 0 Å². The molecule has 0 nitrogen and oxygen atoms in total. The Morgan fingerprint density at radius 2 is 2.07 bits per heavy atom. The van der Waals surface area contributed by atoms with Crippen molar-refractivity contribution < 1.29 is 0 Å². The molecule has 0 bridgehead atoms. The monoisotopic (exact) mass is 294 g/mol. The van der Waals surface area contributed by atoms with Crippen LogP contribution in [-0.4, -0.2) is 0 Å². The average Bonchev–Trinajstić information content (AvgIpc) is 2.19. The Labute approximate surface area is 104 Å². The lowest BCUT2D eigenvalue weighted by atomic mass is 9.94. The van der Waals surface area contributed by atoms with E-state index in [9.17, 15) is 0 Å². The fourth-order valence-electron chi connectivity index (χ4n) is 1.48. The predicted molar refractivity (Wildman–Crippen MR) is 67.4 cm³/mol. The molecular weight excluding hydrogens is 283 g/mol. The minimum atomic E-state index is 0.470. The van der Waals surface area contributed by atoms with E-state index in [4.69, 9.17) is 23.2 Å². The van der Waals surface area contributed by atoms with Gasteiger partial charge in [0, 0.05) is 15.4 Å². The summed E-state index contributed by atoms with van der Waals surface area (Å²) < 4.78 is 1.10. The van der Waals surface area contributed by atoms with Crippen LogP contribution in [0.15, 0.2) is 16.6 Å². The Morgan fingerprint density at radius 1 is 1.43 bits per heavy atom. The van der Waals surface area contributed by atoms with E-state index in [0.717, 1.165) is 21.5 Å². The van der Waals surface area contributed by atoms with Gasteiger partial charge in [-0.05, 0) is 35.6 Å². The van der Waals surface area contributed by atoms with Gasteiger partial charge in [-0.3, -0.25) is 0 Å². The lowest BCUT2D eigenvalue weighted by Crippen LogP contribution is -1.99. The molecule has 0 fully saturated rings. The maximum atomic E-state index is 6.10. The van der Waals surface area contributed by atoms with Crippen LogP contribution in [0.2, 0.25) is 5.02 Å². The first-order valence-corrected chi connectivity index (χ1v) is 6.35. The lowest BCUT2D eigenvalue weighted by molar-refractivity contribution is 0.723. The number of halogens is 3. The molecule has 0 aliphatic heterocycles. The Bertz CT molecular complexity index is 323. The second-order valence-corrected chi connectivity index (χ2v) is 4.89. The van der Waals surface area contributed by atoms with E-state index in [0.29, 0.717) is 11.8 Å². The number of alkyl halides is 1. The lowest BCUT2D eigenvalue weighted by Gasteiger charge is -2.16. The smallest absolute Gasteiger partial charge is 0.0492 e. The second kappa shape index (κ2) is 5.39. The molecule has 0 spiro atoms. The maximum absolute atomic E-state index is 6.10. The summed E-state index contributed by atoms with van der Waals surface area (Å²) in [5.74, 6) is 0.953. The van der Waals surface area contributed by atoms with Crippen LogP contribution >= 0.6 is 39.1 Å². The van der Waals surface area contributed by atoms with Gasteiger partial charge in [-0.2, -0.15) is 0 Å². The van der Waals surface area contributed by atoms with Gasteiger partial charge >= 0.3 is 0 Å². The zero-order valence-electron chi connectivity index (χ0n) is 8.28. The molecule has 0 saturated heterocycles. The third-order valence-corrected chi connectivity index (χ3v) is 3.80. The minimum Gasteiger partial charge on any atom is -0.121 e. The van der Waals surface area contributed by atoms with Crippen molar-refractivity contribution in [2.75, 3.05) is 0 Å². The predicted octanol–water partition coefficient (Wildman–Crippen LogP) is 5.35. The molecule has 0 radical (unpaired) electrons. The summed E-state index contributed by atoms with van der Waals surface area (Å²) in [6, 6.07) is 3.87. The molecule has 14 heavy (non-hydrogen) atoms. The number of hydrogen-bond acceptors (Lipinski definition) is 0. The first-order chi connectivity index (χ1) is 6.61. The van der Waals surface area contributed by atoms with Gasteiger partial charge in [-0.1, -0.05) is 41.4 Å². The van der Waals surface area contributed by atoms with Crippen LogP contribution in [0.5, 0.6) is 0 Å². The van der Waals surface area contributed by atoms with Crippen LogP contribution in [0.1, 0.15) is 37.3 Å². The second-order valence-electron chi connectivity index (χ2n) is 3.36. The maximum Gasteiger partial charge on any atom is 0.0492 e. The topological polar surface area (TPSA) is 0 Å². The number of hydrogen-bond donors (Lipinski definition) is 0. The highest BCUT2D eigenvalue weighted by atomic mass is 79.9. The molecule has 1 rings (SSSR count). The molecule has 0 saturated carbocycles. The van der Waals surface area contributed by atoms with Crippen LogP contribution < -0.4 is 0 Å². The van der Waals surface area contributed by atoms with Gasteiger partial charge in [0.25, 0.3) is 0 Å². The summed E-state index contributed by atoms with van der Waals surface area (Å²) in [6.45, 7) is 4.35. The first-order valence-electron chi connectivity index (χ1n) is 4.64. The van der Waals surface area contributed by atoms with Crippen molar-refractivity contribution in [3.63, 3.8) is 0 Å². The van der Waals surface area contributed by atoms with Crippen molar-refractivity contribution in [2.24, 2.45) is 0 Å². The number of benzene rings is 1. The Kier molecular flexibility index (Phi) is 4.75. The van der Waals surface area contributed by atoms with Gasteiger partial charge in [0.2, 0.25) is 0 Å². The van der Waals surface area contributed by atoms with E-state index in [1.807, 2.05) is 12.1 Å². The van der Waals surface area contributed by atoms with Gasteiger partial charge in [0.1, 0.15) is 0 Å². The SMILES string of the molecule is CCC(C)c1c(Br)ccc(Cl)c1CCl. The molecule has 0 aliphatic rings. The average molecular weight is 296 g/mol. The van der Waals surface area contributed by atoms with Crippen molar-refractivity contribution in [1.82, 2.24) is 0 Å². The van der Waals surface area contributed by atoms with Crippen LogP contribution in [0.3, 0.4) is 0 Å². The Hall–Kier alpha value is 0.280. The molecule has 78 valence electrons. The molecule has 0 aromatic heterocycles. The molecule has 0 heterocycles. The zero-order valence-corrected chi connectivity index (χ0v) is 11.4. The van der Waals surface area contributed by atoms with Gasteiger partial charge in [0.15, 0.2) is 0 Å². The molecule has 1 aromatic carbocycles. The fraction of sp³-hybridized carbons (Fsp3) is 0.455. The molecule has 0 amide bonds. The molecule has 3 heteroatoms. The standard InChI is InChI=1S/C11H13BrCl2/c1-3-7(2)11-8(6-13)10(14)5-4-9(11)12/h4-5,7H,3,6H2,1-2H3. The summed E-state index contributed by atoms with van der Waals surface area (Å²) in [4.78, 5) is 0. The summed E-state index contributed by atoms with van der Waals surface area (Å²) in [7, 11) is 0. The van der Waals surface area contributed by atoms with Crippen molar-refractivity contribution >= 4 is 39.1 Å². The van der Waals surface area contributed by atoms with E-state index in [1.54, 1.807) is 0 Å². The van der Waals surface area contributed by atoms with Crippen LogP contribution in [0, 0.1) is 0 Å². The summed E-state index contributed by atoms with van der Waals surface area (Å²) in [5, 5.41) is 0.763. The van der Waals surface area contributed by atoms with Crippen molar-refractivity contribution in [2.45, 2.75) is 32.1 Å². The third kappa shape index (κ3) is 2.44.